The molecule has 3 heterocycles. The van der Waals surface area contributed by atoms with Crippen LogP contribution in [0.25, 0.3) is 0 Å². The number of piperidine rings is 1. The van der Waals surface area contributed by atoms with Gasteiger partial charge in [-0.05, 0) is 44.0 Å². The maximum Gasteiger partial charge on any atom is 0.257 e. The highest BCUT2D eigenvalue weighted by molar-refractivity contribution is 6.30. The molecule has 30 heavy (non-hydrogen) atoms. The molecule has 6 nitrogen and oxygen atoms in total. The van der Waals surface area contributed by atoms with E-state index in [0.717, 1.165) is 37.3 Å². The van der Waals surface area contributed by atoms with E-state index < -0.39 is 0 Å². The van der Waals surface area contributed by atoms with E-state index in [1.807, 2.05) is 13.0 Å². The van der Waals surface area contributed by atoms with Crippen molar-refractivity contribution in [1.29, 1.82) is 0 Å². The van der Waals surface area contributed by atoms with Crippen molar-refractivity contribution in [2.45, 2.75) is 32.2 Å². The van der Waals surface area contributed by atoms with Crippen molar-refractivity contribution in [3.63, 3.8) is 0 Å². The van der Waals surface area contributed by atoms with Crippen LogP contribution in [0.3, 0.4) is 0 Å². The number of benzene rings is 1. The van der Waals surface area contributed by atoms with Gasteiger partial charge in [0.15, 0.2) is 0 Å². The van der Waals surface area contributed by atoms with Crippen LogP contribution in [-0.2, 0) is 11.3 Å². The van der Waals surface area contributed by atoms with E-state index in [1.54, 1.807) is 17.2 Å². The van der Waals surface area contributed by atoms with Crippen LogP contribution in [0.2, 0.25) is 5.02 Å². The number of carbonyl (C=O) groups is 1. The van der Waals surface area contributed by atoms with Crippen LogP contribution in [0.15, 0.2) is 24.4 Å². The summed E-state index contributed by atoms with van der Waals surface area (Å²) >= 11 is 5.79. The van der Waals surface area contributed by atoms with Crippen molar-refractivity contribution < 1.29 is 13.9 Å². The molecule has 0 N–H and O–H groups in total. The van der Waals surface area contributed by atoms with E-state index >= 15 is 0 Å². The summed E-state index contributed by atoms with van der Waals surface area (Å²) in [6, 6.07) is 4.96. The Morgan fingerprint density at radius 2 is 2.10 bits per heavy atom. The van der Waals surface area contributed by atoms with E-state index in [-0.39, 0.29) is 22.7 Å². The molecule has 1 aromatic carbocycles. The molecule has 0 spiro atoms. The molecular formula is C22H26ClFN4O2. The lowest BCUT2D eigenvalue weighted by molar-refractivity contribution is 0.0301. The molecule has 2 fully saturated rings. The standard InChI is InChI=1S/C22H26ClFN4O2/c1-15-18(22(29)28-7-9-30-10-8-28)12-25-21(26-15)17-3-2-6-27(14-17)13-16-4-5-19(23)20(24)11-16/h4-5,11-12,17H,2-3,6-10,13-14H2,1H3/t17-/m1/s1. The fourth-order valence-electron chi connectivity index (χ4n) is 4.13. The van der Waals surface area contributed by atoms with E-state index in [1.165, 1.54) is 6.07 Å². The predicted molar refractivity (Wildman–Crippen MR) is 112 cm³/mol. The first kappa shape index (κ1) is 21.2. The summed E-state index contributed by atoms with van der Waals surface area (Å²) in [5.74, 6) is 0.555. The minimum Gasteiger partial charge on any atom is -0.378 e. The SMILES string of the molecule is Cc1nc([C@@H]2CCCN(Cc3ccc(Cl)c(F)c3)C2)ncc1C(=O)N1CCOCC1. The van der Waals surface area contributed by atoms with E-state index in [0.29, 0.717) is 44.1 Å². The Morgan fingerprint density at radius 3 is 2.83 bits per heavy atom. The van der Waals surface area contributed by atoms with Crippen LogP contribution < -0.4 is 0 Å². The second-order valence-corrected chi connectivity index (χ2v) is 8.36. The Labute approximate surface area is 181 Å². The summed E-state index contributed by atoms with van der Waals surface area (Å²) in [7, 11) is 0. The van der Waals surface area contributed by atoms with Crippen LogP contribution in [-0.4, -0.2) is 65.1 Å². The van der Waals surface area contributed by atoms with Crippen LogP contribution in [0.4, 0.5) is 4.39 Å². The average molecular weight is 433 g/mol. The first-order chi connectivity index (χ1) is 14.5. The summed E-state index contributed by atoms with van der Waals surface area (Å²) < 4.78 is 19.1. The number of aryl methyl sites for hydroxylation is 1. The number of rotatable bonds is 4. The topological polar surface area (TPSA) is 58.6 Å². The van der Waals surface area contributed by atoms with Gasteiger partial charge >= 0.3 is 0 Å². The Morgan fingerprint density at radius 1 is 1.30 bits per heavy atom. The highest BCUT2D eigenvalue weighted by atomic mass is 35.5. The van der Waals surface area contributed by atoms with Gasteiger partial charge in [-0.2, -0.15) is 0 Å². The molecule has 4 rings (SSSR count). The molecule has 1 aromatic heterocycles. The molecule has 160 valence electrons. The van der Waals surface area contributed by atoms with E-state index in [9.17, 15) is 9.18 Å². The Bertz CT molecular complexity index is 920. The lowest BCUT2D eigenvalue weighted by Gasteiger charge is -2.32. The van der Waals surface area contributed by atoms with Crippen molar-refractivity contribution >= 4 is 17.5 Å². The number of likely N-dealkylation sites (tertiary alicyclic amines) is 1. The first-order valence-corrected chi connectivity index (χ1v) is 10.8. The van der Waals surface area contributed by atoms with E-state index in [2.05, 4.69) is 14.9 Å². The summed E-state index contributed by atoms with van der Waals surface area (Å²) in [5, 5.41) is 0.144. The maximum atomic E-state index is 13.7. The summed E-state index contributed by atoms with van der Waals surface area (Å²) in [6.45, 7) is 6.63. The zero-order valence-electron chi connectivity index (χ0n) is 17.1. The van der Waals surface area contributed by atoms with Crippen molar-refractivity contribution in [1.82, 2.24) is 19.8 Å². The van der Waals surface area contributed by atoms with Gasteiger partial charge in [-0.25, -0.2) is 14.4 Å². The van der Waals surface area contributed by atoms with Crippen molar-refractivity contribution in [2.75, 3.05) is 39.4 Å². The van der Waals surface area contributed by atoms with Gasteiger partial charge in [0, 0.05) is 38.3 Å². The molecule has 0 radical (unpaired) electrons. The van der Waals surface area contributed by atoms with Gasteiger partial charge in [0.05, 0.1) is 29.5 Å². The van der Waals surface area contributed by atoms with E-state index in [4.69, 9.17) is 16.3 Å². The third-order valence-electron chi connectivity index (χ3n) is 5.79. The highest BCUT2D eigenvalue weighted by Crippen LogP contribution is 2.27. The molecule has 2 aromatic rings. The normalized spacial score (nSPS) is 20.4. The molecule has 2 saturated heterocycles. The van der Waals surface area contributed by atoms with Crippen LogP contribution in [0.1, 0.15) is 46.2 Å². The second-order valence-electron chi connectivity index (χ2n) is 7.95. The molecule has 1 atom stereocenters. The molecule has 0 unspecified atom stereocenters. The molecule has 0 bridgehead atoms. The molecule has 2 aliphatic rings. The third-order valence-corrected chi connectivity index (χ3v) is 6.09. The van der Waals surface area contributed by atoms with Gasteiger partial charge in [-0.15, -0.1) is 0 Å². The summed E-state index contributed by atoms with van der Waals surface area (Å²) in [4.78, 5) is 26.1. The molecular weight excluding hydrogens is 407 g/mol. The second kappa shape index (κ2) is 9.37. The minimum absolute atomic E-state index is 0.0302. The fraction of sp³-hybridized carbons (Fsp3) is 0.500. The fourth-order valence-corrected chi connectivity index (χ4v) is 4.25. The van der Waals surface area contributed by atoms with Gasteiger partial charge < -0.3 is 9.64 Å². The van der Waals surface area contributed by atoms with Crippen molar-refractivity contribution in [3.05, 3.63) is 57.9 Å². The zero-order chi connectivity index (χ0) is 21.1. The number of aromatic nitrogens is 2. The average Bonchev–Trinajstić information content (AvgIpc) is 2.76. The maximum absolute atomic E-state index is 13.7. The first-order valence-electron chi connectivity index (χ1n) is 10.4. The van der Waals surface area contributed by atoms with Crippen LogP contribution in [0.5, 0.6) is 0 Å². The van der Waals surface area contributed by atoms with Gasteiger partial charge in [0.2, 0.25) is 0 Å². The molecule has 2 aliphatic heterocycles. The number of carbonyl (C=O) groups excluding carboxylic acids is 1. The van der Waals surface area contributed by atoms with Gasteiger partial charge in [0.25, 0.3) is 5.91 Å². The highest BCUT2D eigenvalue weighted by Gasteiger charge is 2.26. The lowest BCUT2D eigenvalue weighted by Crippen LogP contribution is -2.41. The molecule has 0 aliphatic carbocycles. The number of hydrogen-bond donors (Lipinski definition) is 0. The van der Waals surface area contributed by atoms with Gasteiger partial charge in [-0.3, -0.25) is 9.69 Å². The predicted octanol–water partition coefficient (Wildman–Crippen LogP) is 3.43. The number of ether oxygens (including phenoxy) is 1. The Balaban J connectivity index is 1.43. The number of amides is 1. The lowest BCUT2D eigenvalue weighted by atomic mass is 9.96. The third kappa shape index (κ3) is 4.79. The smallest absolute Gasteiger partial charge is 0.257 e. The number of morpholine rings is 1. The summed E-state index contributed by atoms with van der Waals surface area (Å²) in [6.07, 6.45) is 3.70. The number of nitrogens with zero attached hydrogens (tertiary/aromatic N) is 4. The van der Waals surface area contributed by atoms with Crippen molar-refractivity contribution in [2.24, 2.45) is 0 Å². The van der Waals surface area contributed by atoms with Crippen LogP contribution >= 0.6 is 11.6 Å². The number of hydrogen-bond acceptors (Lipinski definition) is 5. The Hall–Kier alpha value is -2.09. The molecule has 0 saturated carbocycles. The number of halogens is 2. The minimum atomic E-state index is -0.387. The van der Waals surface area contributed by atoms with Crippen molar-refractivity contribution in [3.8, 4) is 0 Å². The molecule has 1 amide bonds. The van der Waals surface area contributed by atoms with Gasteiger partial charge in [0.1, 0.15) is 11.6 Å². The summed E-state index contributed by atoms with van der Waals surface area (Å²) in [5.41, 5.74) is 2.18. The largest absolute Gasteiger partial charge is 0.378 e. The quantitative estimate of drug-likeness (QED) is 0.740. The van der Waals surface area contributed by atoms with Crippen LogP contribution in [0, 0.1) is 12.7 Å². The Kier molecular flexibility index (Phi) is 6.61. The molecule has 8 heteroatoms. The zero-order valence-corrected chi connectivity index (χ0v) is 17.9. The monoisotopic (exact) mass is 432 g/mol. The van der Waals surface area contributed by atoms with Gasteiger partial charge in [-0.1, -0.05) is 17.7 Å².